The van der Waals surface area contributed by atoms with E-state index in [2.05, 4.69) is 5.32 Å². The Morgan fingerprint density at radius 3 is 2.52 bits per heavy atom. The normalized spacial score (nSPS) is 12.4. The van der Waals surface area contributed by atoms with Crippen LogP contribution in [0.5, 0.6) is 5.75 Å². The van der Waals surface area contributed by atoms with Crippen molar-refractivity contribution in [2.24, 2.45) is 5.92 Å². The van der Waals surface area contributed by atoms with E-state index in [0.717, 1.165) is 0 Å². The number of rotatable bonds is 6. The number of nitrogens with one attached hydrogen (secondary N) is 1. The van der Waals surface area contributed by atoms with Crippen molar-refractivity contribution < 1.29 is 28.6 Å². The summed E-state index contributed by atoms with van der Waals surface area (Å²) in [4.78, 5) is 23.0. The minimum absolute atomic E-state index is 0.119. The second-order valence-corrected chi connectivity index (χ2v) is 6.11. The average molecular weight is 327 g/mol. The molecule has 6 nitrogen and oxygen atoms in total. The van der Waals surface area contributed by atoms with Crippen molar-refractivity contribution in [2.75, 3.05) is 12.2 Å². The molecular formula is C16H22FNO5. The average Bonchev–Trinajstić information content (AvgIpc) is 2.40. The molecule has 1 amide bonds. The van der Waals surface area contributed by atoms with Gasteiger partial charge in [0.1, 0.15) is 11.4 Å². The van der Waals surface area contributed by atoms with Gasteiger partial charge in [0.15, 0.2) is 0 Å². The predicted octanol–water partition coefficient (Wildman–Crippen LogP) is 3.60. The molecule has 1 aromatic carbocycles. The minimum atomic E-state index is -1.07. The fourth-order valence-corrected chi connectivity index (χ4v) is 1.89. The van der Waals surface area contributed by atoms with Crippen LogP contribution in [0.1, 0.15) is 33.3 Å². The zero-order valence-electron chi connectivity index (χ0n) is 13.7. The Labute approximate surface area is 134 Å². The quantitative estimate of drug-likeness (QED) is 0.834. The number of ether oxygens (including phenoxy) is 2. The van der Waals surface area contributed by atoms with Crippen LogP contribution in [0.15, 0.2) is 18.2 Å². The molecule has 0 aliphatic heterocycles. The third-order valence-electron chi connectivity index (χ3n) is 2.90. The highest BCUT2D eigenvalue weighted by Gasteiger charge is 2.21. The molecule has 0 aromatic heterocycles. The Morgan fingerprint density at radius 1 is 1.35 bits per heavy atom. The van der Waals surface area contributed by atoms with Gasteiger partial charge in [-0.15, -0.1) is 0 Å². The van der Waals surface area contributed by atoms with Crippen molar-refractivity contribution in [3.63, 3.8) is 0 Å². The molecule has 0 radical (unpaired) electrons. The van der Waals surface area contributed by atoms with Gasteiger partial charge < -0.3 is 14.6 Å². The van der Waals surface area contributed by atoms with Crippen LogP contribution < -0.4 is 10.1 Å². The maximum atomic E-state index is 12.5. The first-order valence-corrected chi connectivity index (χ1v) is 7.17. The topological polar surface area (TPSA) is 84.9 Å². The van der Waals surface area contributed by atoms with Gasteiger partial charge in [0, 0.05) is 0 Å². The number of halogens is 1. The molecule has 1 atom stereocenters. The molecule has 0 spiro atoms. The first-order valence-electron chi connectivity index (χ1n) is 7.17. The van der Waals surface area contributed by atoms with E-state index >= 15 is 0 Å². The van der Waals surface area contributed by atoms with Crippen molar-refractivity contribution >= 4 is 17.7 Å². The number of carboxylic acid groups (broad SMARTS) is 1. The van der Waals surface area contributed by atoms with Crippen LogP contribution in [-0.4, -0.2) is 29.6 Å². The van der Waals surface area contributed by atoms with Gasteiger partial charge in [-0.05, 0) is 38.8 Å². The van der Waals surface area contributed by atoms with E-state index < -0.39 is 30.4 Å². The number of anilines is 1. The summed E-state index contributed by atoms with van der Waals surface area (Å²) in [6.07, 6.45) is -0.569. The van der Waals surface area contributed by atoms with E-state index in [9.17, 15) is 14.0 Å². The highest BCUT2D eigenvalue weighted by Crippen LogP contribution is 2.31. The van der Waals surface area contributed by atoms with Crippen molar-refractivity contribution in [3.8, 4) is 5.75 Å². The Bertz CT molecular complexity index is 568. The Balaban J connectivity index is 3.08. The Morgan fingerprint density at radius 2 is 2.00 bits per heavy atom. The highest BCUT2D eigenvalue weighted by atomic mass is 19.1. The number of alkyl halides is 1. The second kappa shape index (κ2) is 7.80. The van der Waals surface area contributed by atoms with E-state index in [1.54, 1.807) is 39.8 Å². The van der Waals surface area contributed by atoms with Gasteiger partial charge >= 0.3 is 12.1 Å². The van der Waals surface area contributed by atoms with E-state index in [0.29, 0.717) is 5.56 Å². The minimum Gasteiger partial charge on any atom is -0.481 e. The largest absolute Gasteiger partial charge is 0.481 e. The van der Waals surface area contributed by atoms with Crippen LogP contribution in [-0.2, 0) is 16.0 Å². The lowest BCUT2D eigenvalue weighted by atomic mass is 9.99. The van der Waals surface area contributed by atoms with Gasteiger partial charge in [-0.2, -0.15) is 0 Å². The smallest absolute Gasteiger partial charge is 0.412 e. The second-order valence-electron chi connectivity index (χ2n) is 6.11. The summed E-state index contributed by atoms with van der Waals surface area (Å²) in [5.41, 5.74) is 0.0401. The van der Waals surface area contributed by atoms with Crippen molar-refractivity contribution in [1.29, 1.82) is 0 Å². The molecule has 0 saturated carbocycles. The zero-order valence-corrected chi connectivity index (χ0v) is 13.7. The Kier molecular flexibility index (Phi) is 6.36. The fraction of sp³-hybridized carbons (Fsp3) is 0.500. The van der Waals surface area contributed by atoms with Crippen LogP contribution in [0.4, 0.5) is 14.9 Å². The van der Waals surface area contributed by atoms with E-state index in [1.165, 1.54) is 6.07 Å². The molecule has 0 aliphatic carbocycles. The van der Waals surface area contributed by atoms with Crippen LogP contribution in [0.25, 0.3) is 0 Å². The molecule has 23 heavy (non-hydrogen) atoms. The van der Waals surface area contributed by atoms with Gasteiger partial charge in [-0.3, -0.25) is 10.1 Å². The molecule has 128 valence electrons. The number of carbonyl (C=O) groups excluding carboxylic acids is 1. The van der Waals surface area contributed by atoms with Gasteiger partial charge in [0.2, 0.25) is 6.86 Å². The number of hydrogen-bond acceptors (Lipinski definition) is 4. The van der Waals surface area contributed by atoms with Crippen LogP contribution in [0.3, 0.4) is 0 Å². The van der Waals surface area contributed by atoms with E-state index in [1.807, 2.05) is 0 Å². The lowest BCUT2D eigenvalue weighted by Gasteiger charge is -2.22. The number of carbonyl (C=O) groups is 2. The summed E-state index contributed by atoms with van der Waals surface area (Å²) in [7, 11) is 0. The fourth-order valence-electron chi connectivity index (χ4n) is 1.89. The third kappa shape index (κ3) is 6.14. The molecule has 0 bridgehead atoms. The monoisotopic (exact) mass is 327 g/mol. The lowest BCUT2D eigenvalue weighted by molar-refractivity contribution is -0.141. The van der Waals surface area contributed by atoms with Gasteiger partial charge in [0.25, 0.3) is 0 Å². The number of carboxylic acids is 1. The summed E-state index contributed by atoms with van der Waals surface area (Å²) >= 11 is 0. The number of amides is 1. The first-order chi connectivity index (χ1) is 10.6. The number of aliphatic carboxylic acids is 1. The van der Waals surface area contributed by atoms with Crippen LogP contribution in [0, 0.1) is 5.92 Å². The standard InChI is InChI=1S/C16H22FNO5/c1-10(14(19)20)8-11-6-5-7-12(22-9-17)13(11)18-15(21)23-16(2,3)4/h5-7,10H,8-9H2,1-4H3,(H,18,21)(H,19,20)/t10-/m0/s1. The molecular weight excluding hydrogens is 305 g/mol. The molecule has 0 aliphatic rings. The number of hydrogen-bond donors (Lipinski definition) is 2. The molecule has 0 heterocycles. The predicted molar refractivity (Wildman–Crippen MR) is 83.4 cm³/mol. The maximum absolute atomic E-state index is 12.5. The molecule has 1 aromatic rings. The zero-order chi connectivity index (χ0) is 17.6. The highest BCUT2D eigenvalue weighted by molar-refractivity contribution is 5.88. The Hall–Kier alpha value is -2.31. The van der Waals surface area contributed by atoms with Crippen molar-refractivity contribution in [3.05, 3.63) is 23.8 Å². The molecule has 0 fully saturated rings. The first kappa shape index (κ1) is 18.7. The lowest BCUT2D eigenvalue weighted by Crippen LogP contribution is -2.28. The van der Waals surface area contributed by atoms with Gasteiger partial charge in [0.05, 0.1) is 11.6 Å². The summed E-state index contributed by atoms with van der Waals surface area (Å²) in [5, 5.41) is 11.6. The van der Waals surface area contributed by atoms with Gasteiger partial charge in [-0.1, -0.05) is 19.1 Å². The van der Waals surface area contributed by atoms with Crippen molar-refractivity contribution in [2.45, 2.75) is 39.7 Å². The molecule has 0 saturated heterocycles. The number of benzene rings is 1. The summed E-state index contributed by atoms with van der Waals surface area (Å²) in [5.74, 6) is -1.52. The van der Waals surface area contributed by atoms with Gasteiger partial charge in [-0.25, -0.2) is 9.18 Å². The SMILES string of the molecule is C[C@@H](Cc1cccc(OCF)c1NC(=O)OC(C)(C)C)C(=O)O. The maximum Gasteiger partial charge on any atom is 0.412 e. The molecule has 2 N–H and O–H groups in total. The molecule has 7 heteroatoms. The third-order valence-corrected chi connectivity index (χ3v) is 2.90. The molecule has 1 rings (SSSR count). The van der Waals surface area contributed by atoms with Crippen LogP contribution in [0.2, 0.25) is 0 Å². The molecule has 0 unspecified atom stereocenters. The van der Waals surface area contributed by atoms with Crippen molar-refractivity contribution in [1.82, 2.24) is 0 Å². The number of para-hydroxylation sites is 1. The summed E-state index contributed by atoms with van der Waals surface area (Å²) in [6, 6.07) is 4.74. The van der Waals surface area contributed by atoms with E-state index in [4.69, 9.17) is 14.6 Å². The summed E-state index contributed by atoms with van der Waals surface area (Å²) < 4.78 is 22.6. The van der Waals surface area contributed by atoms with E-state index in [-0.39, 0.29) is 17.9 Å². The summed E-state index contributed by atoms with van der Waals surface area (Å²) in [6.45, 7) is 5.61. The van der Waals surface area contributed by atoms with Crippen LogP contribution >= 0.6 is 0 Å².